The molecule has 0 radical (unpaired) electrons. The van der Waals surface area contributed by atoms with Crippen LogP contribution in [0.2, 0.25) is 0 Å². The third-order valence-electron chi connectivity index (χ3n) is 4.96. The minimum absolute atomic E-state index is 0.213. The monoisotopic (exact) mass is 456 g/mol. The number of thiophene rings is 1. The van der Waals surface area contributed by atoms with Gasteiger partial charge in [0.25, 0.3) is 0 Å². The van der Waals surface area contributed by atoms with Crippen LogP contribution in [0.5, 0.6) is 0 Å². The zero-order valence-corrected chi connectivity index (χ0v) is 18.5. The normalized spacial score (nSPS) is 13.0. The van der Waals surface area contributed by atoms with Gasteiger partial charge in [0.05, 0.1) is 11.4 Å². The van der Waals surface area contributed by atoms with Crippen molar-refractivity contribution in [3.8, 4) is 0 Å². The van der Waals surface area contributed by atoms with Crippen LogP contribution in [-0.2, 0) is 23.4 Å². The lowest BCUT2D eigenvalue weighted by atomic mass is 10.2. The minimum Gasteiger partial charge on any atom is -0.274 e. The molecular formula is C21H17FN4OS3. The van der Waals surface area contributed by atoms with E-state index in [1.807, 2.05) is 5.38 Å². The Bertz CT molecular complexity index is 1250. The van der Waals surface area contributed by atoms with Crippen LogP contribution in [0.25, 0.3) is 10.2 Å². The average molecular weight is 457 g/mol. The van der Waals surface area contributed by atoms with Crippen LogP contribution in [0.15, 0.2) is 41.0 Å². The van der Waals surface area contributed by atoms with Crippen molar-refractivity contribution < 1.29 is 9.18 Å². The molecule has 0 spiro atoms. The van der Waals surface area contributed by atoms with E-state index in [4.69, 9.17) is 0 Å². The number of para-hydroxylation sites is 1. The van der Waals surface area contributed by atoms with E-state index in [1.54, 1.807) is 47.6 Å². The van der Waals surface area contributed by atoms with Crippen molar-refractivity contribution in [1.82, 2.24) is 15.0 Å². The Kier molecular flexibility index (Phi) is 5.26. The van der Waals surface area contributed by atoms with Crippen LogP contribution in [0.3, 0.4) is 0 Å². The number of aromatic nitrogens is 3. The molecule has 0 N–H and O–H groups in total. The number of fused-ring (bicyclic) bond motifs is 3. The summed E-state index contributed by atoms with van der Waals surface area (Å²) in [5, 5.41) is 4.54. The molecule has 0 unspecified atom stereocenters. The van der Waals surface area contributed by atoms with Crippen molar-refractivity contribution in [3.63, 3.8) is 0 Å². The van der Waals surface area contributed by atoms with Gasteiger partial charge in [-0.3, -0.25) is 9.69 Å². The Morgan fingerprint density at radius 2 is 2.13 bits per heavy atom. The van der Waals surface area contributed by atoms with Crippen molar-refractivity contribution in [2.75, 3.05) is 4.90 Å². The third kappa shape index (κ3) is 3.51. The predicted octanol–water partition coefficient (Wildman–Crippen LogP) is 5.75. The predicted molar refractivity (Wildman–Crippen MR) is 120 cm³/mol. The number of thioether (sulfide) groups is 1. The first-order chi connectivity index (χ1) is 14.6. The lowest BCUT2D eigenvalue weighted by molar-refractivity contribution is -0.115. The number of halogens is 1. The lowest BCUT2D eigenvalue weighted by Crippen LogP contribution is -2.23. The number of aryl methyl sites for hydroxylation is 2. The van der Waals surface area contributed by atoms with E-state index in [2.05, 4.69) is 15.0 Å². The first kappa shape index (κ1) is 19.6. The zero-order chi connectivity index (χ0) is 20.7. The fraction of sp³-hybridized carbons (Fsp3) is 0.238. The minimum atomic E-state index is -0.450. The molecular weight excluding hydrogens is 439 g/mol. The van der Waals surface area contributed by atoms with Crippen molar-refractivity contribution in [2.24, 2.45) is 0 Å². The number of benzene rings is 1. The molecule has 0 fully saturated rings. The van der Waals surface area contributed by atoms with Crippen molar-refractivity contribution >= 4 is 61.4 Å². The van der Waals surface area contributed by atoms with E-state index in [-0.39, 0.29) is 11.6 Å². The maximum atomic E-state index is 14.3. The maximum Gasteiger partial charge on any atom is 0.230 e. The van der Waals surface area contributed by atoms with Gasteiger partial charge in [-0.25, -0.2) is 19.3 Å². The molecule has 0 saturated heterocycles. The van der Waals surface area contributed by atoms with Crippen LogP contribution < -0.4 is 4.90 Å². The summed E-state index contributed by atoms with van der Waals surface area (Å²) in [5.74, 6) is -0.107. The van der Waals surface area contributed by atoms with Gasteiger partial charge in [-0.15, -0.1) is 22.7 Å². The summed E-state index contributed by atoms with van der Waals surface area (Å²) < 4.78 is 14.3. The van der Waals surface area contributed by atoms with E-state index in [1.165, 1.54) is 51.5 Å². The quantitative estimate of drug-likeness (QED) is 0.283. The summed E-state index contributed by atoms with van der Waals surface area (Å²) in [7, 11) is 0. The van der Waals surface area contributed by atoms with Crippen molar-refractivity contribution in [3.05, 3.63) is 57.9 Å². The molecule has 0 aliphatic heterocycles. The number of carbonyl (C=O) groups is 1. The second kappa shape index (κ2) is 8.05. The number of rotatable bonds is 5. The first-order valence-corrected chi connectivity index (χ1v) is 12.2. The van der Waals surface area contributed by atoms with Gasteiger partial charge in [0.15, 0.2) is 5.13 Å². The topological polar surface area (TPSA) is 59.0 Å². The van der Waals surface area contributed by atoms with E-state index < -0.39 is 5.82 Å². The molecule has 5 nitrogen and oxygen atoms in total. The highest BCUT2D eigenvalue weighted by Crippen LogP contribution is 2.41. The number of thiazole rings is 1. The van der Waals surface area contributed by atoms with Crippen LogP contribution >= 0.6 is 34.4 Å². The highest BCUT2D eigenvalue weighted by atomic mass is 32.2. The largest absolute Gasteiger partial charge is 0.274 e. The van der Waals surface area contributed by atoms with Gasteiger partial charge in [0, 0.05) is 28.3 Å². The van der Waals surface area contributed by atoms with Crippen LogP contribution in [0.1, 0.15) is 29.5 Å². The molecule has 1 amide bonds. The Hall–Kier alpha value is -2.36. The van der Waals surface area contributed by atoms with E-state index >= 15 is 0 Å². The Morgan fingerprint density at radius 1 is 1.27 bits per heavy atom. The van der Waals surface area contributed by atoms with Gasteiger partial charge in [-0.05, 0) is 37.0 Å². The number of anilines is 2. The zero-order valence-electron chi connectivity index (χ0n) is 16.1. The molecule has 1 aliphatic carbocycles. The number of hydrogen-bond donors (Lipinski definition) is 0. The van der Waals surface area contributed by atoms with Crippen molar-refractivity contribution in [2.45, 2.75) is 37.0 Å². The molecule has 4 aromatic rings. The number of amides is 1. The molecule has 0 saturated carbocycles. The Labute approximate surface area is 185 Å². The molecule has 9 heteroatoms. The van der Waals surface area contributed by atoms with Gasteiger partial charge in [-0.1, -0.05) is 23.9 Å². The van der Waals surface area contributed by atoms with Gasteiger partial charge in [0.2, 0.25) is 5.91 Å². The molecule has 0 bridgehead atoms. The van der Waals surface area contributed by atoms with E-state index in [0.717, 1.165) is 28.4 Å². The summed E-state index contributed by atoms with van der Waals surface area (Å²) in [6, 6.07) is 6.24. The number of hydrogen-bond acceptors (Lipinski definition) is 7. The highest BCUT2D eigenvalue weighted by Gasteiger charge is 2.23. The first-order valence-electron chi connectivity index (χ1n) is 9.49. The summed E-state index contributed by atoms with van der Waals surface area (Å²) in [4.78, 5) is 29.6. The summed E-state index contributed by atoms with van der Waals surface area (Å²) >= 11 is 4.74. The average Bonchev–Trinajstić information content (AvgIpc) is 3.44. The van der Waals surface area contributed by atoms with E-state index in [9.17, 15) is 9.18 Å². The third-order valence-corrected chi connectivity index (χ3v) is 8.06. The van der Waals surface area contributed by atoms with Gasteiger partial charge >= 0.3 is 0 Å². The molecule has 1 aromatic carbocycles. The van der Waals surface area contributed by atoms with E-state index in [0.29, 0.717) is 10.9 Å². The maximum absolute atomic E-state index is 14.3. The lowest BCUT2D eigenvalue weighted by Gasteiger charge is -2.18. The standard InChI is InChI=1S/C21H17FN4OS3/c1-12(27)26(16-7-3-2-6-15(16)22)21-25-13(10-29-21)9-28-19-18-14-5-4-8-17(14)30-20(18)24-11-23-19/h2-3,6-7,10-11H,4-5,8-9H2,1H3. The fourth-order valence-corrected chi connectivity index (χ4v) is 6.85. The second-order valence-electron chi connectivity index (χ2n) is 6.93. The van der Waals surface area contributed by atoms with Crippen LogP contribution in [-0.4, -0.2) is 20.9 Å². The molecule has 0 atom stereocenters. The summed E-state index contributed by atoms with van der Waals surface area (Å²) in [6.45, 7) is 1.41. The van der Waals surface area contributed by atoms with Crippen molar-refractivity contribution in [1.29, 1.82) is 0 Å². The second-order valence-corrected chi connectivity index (χ2v) is 9.82. The molecule has 30 heavy (non-hydrogen) atoms. The molecule has 3 heterocycles. The molecule has 3 aromatic heterocycles. The van der Waals surface area contributed by atoms with Gasteiger partial charge in [0.1, 0.15) is 22.0 Å². The van der Waals surface area contributed by atoms with Crippen LogP contribution in [0.4, 0.5) is 15.2 Å². The SMILES string of the molecule is CC(=O)N(c1nc(CSc2ncnc3sc4c(c23)CCC4)cs1)c1ccccc1F. The smallest absolute Gasteiger partial charge is 0.230 e. The number of nitrogens with zero attached hydrogens (tertiary/aromatic N) is 4. The molecule has 5 rings (SSSR count). The summed E-state index contributed by atoms with van der Waals surface area (Å²) in [6.07, 6.45) is 5.04. The van der Waals surface area contributed by atoms with Crippen LogP contribution in [0, 0.1) is 5.82 Å². The Balaban J connectivity index is 1.40. The Morgan fingerprint density at radius 3 is 2.97 bits per heavy atom. The molecule has 152 valence electrons. The number of carbonyl (C=O) groups excluding carboxylic acids is 1. The molecule has 1 aliphatic rings. The van der Waals surface area contributed by atoms with Gasteiger partial charge in [-0.2, -0.15) is 0 Å². The summed E-state index contributed by atoms with van der Waals surface area (Å²) in [5.41, 5.74) is 2.45. The van der Waals surface area contributed by atoms with Gasteiger partial charge < -0.3 is 0 Å². The highest BCUT2D eigenvalue weighted by molar-refractivity contribution is 7.98. The fourth-order valence-electron chi connectivity index (χ4n) is 3.66.